The molecule has 0 saturated heterocycles. The third kappa shape index (κ3) is 6.68. The Hall–Kier alpha value is -2.16. The van der Waals surface area contributed by atoms with Crippen LogP contribution in [0.4, 0.5) is 17.6 Å². The van der Waals surface area contributed by atoms with Gasteiger partial charge in [0.15, 0.2) is 0 Å². The lowest BCUT2D eigenvalue weighted by atomic mass is 9.93. The Morgan fingerprint density at radius 1 is 0.967 bits per heavy atom. The smallest absolute Gasteiger partial charge is 0.419 e. The lowest BCUT2D eigenvalue weighted by molar-refractivity contribution is -0.139. The van der Waals surface area contributed by atoms with Gasteiger partial charge in [0, 0.05) is 0 Å². The summed E-state index contributed by atoms with van der Waals surface area (Å²) in [6.45, 7) is 0.802. The van der Waals surface area contributed by atoms with Crippen molar-refractivity contribution >= 4 is 0 Å². The second-order valence-corrected chi connectivity index (χ2v) is 7.54. The number of nitrogens with two attached hydrogens (primary N) is 1. The third-order valence-electron chi connectivity index (χ3n) is 4.98. The van der Waals surface area contributed by atoms with Crippen molar-refractivity contribution in [2.24, 2.45) is 5.73 Å². The fourth-order valence-electron chi connectivity index (χ4n) is 3.00. The summed E-state index contributed by atoms with van der Waals surface area (Å²) in [5.74, 6) is -0.556. The molecule has 2 aromatic rings. The SMILES string of the molecule is Cc1cc(CCCOc2ccc(CCC(N)(CO)CO)cc2C(F)(F)F)ccc1F. The van der Waals surface area contributed by atoms with E-state index < -0.39 is 30.5 Å². The summed E-state index contributed by atoms with van der Waals surface area (Å²) in [5, 5.41) is 18.4. The van der Waals surface area contributed by atoms with Gasteiger partial charge in [0.25, 0.3) is 0 Å². The number of aryl methyl sites for hydroxylation is 3. The molecule has 0 aliphatic carbocycles. The first-order valence-corrected chi connectivity index (χ1v) is 9.66. The number of halogens is 4. The number of benzene rings is 2. The normalized spacial score (nSPS) is 12.3. The highest BCUT2D eigenvalue weighted by molar-refractivity contribution is 5.39. The predicted molar refractivity (Wildman–Crippen MR) is 106 cm³/mol. The molecule has 4 N–H and O–H groups in total. The number of aliphatic hydroxyl groups is 2. The van der Waals surface area contributed by atoms with Crippen LogP contribution in [0, 0.1) is 12.7 Å². The first-order chi connectivity index (χ1) is 14.1. The summed E-state index contributed by atoms with van der Waals surface area (Å²) < 4.78 is 59.1. The molecule has 0 spiro atoms. The first-order valence-electron chi connectivity index (χ1n) is 9.66. The van der Waals surface area contributed by atoms with Crippen molar-refractivity contribution < 1.29 is 32.5 Å². The van der Waals surface area contributed by atoms with E-state index in [0.29, 0.717) is 24.0 Å². The van der Waals surface area contributed by atoms with E-state index in [1.165, 1.54) is 18.2 Å². The highest BCUT2D eigenvalue weighted by atomic mass is 19.4. The van der Waals surface area contributed by atoms with Gasteiger partial charge in [0.05, 0.1) is 30.9 Å². The quantitative estimate of drug-likeness (QED) is 0.397. The van der Waals surface area contributed by atoms with Crippen LogP contribution < -0.4 is 10.5 Å². The maximum atomic E-state index is 13.5. The minimum atomic E-state index is -4.59. The van der Waals surface area contributed by atoms with E-state index in [1.807, 2.05) is 0 Å². The Bertz CT molecular complexity index is 836. The molecule has 0 aliphatic rings. The lowest BCUT2D eigenvalue weighted by Crippen LogP contribution is -2.47. The molecule has 4 nitrogen and oxygen atoms in total. The molecule has 8 heteroatoms. The zero-order valence-corrected chi connectivity index (χ0v) is 16.8. The monoisotopic (exact) mass is 429 g/mol. The topological polar surface area (TPSA) is 75.7 Å². The molecule has 0 heterocycles. The van der Waals surface area contributed by atoms with Gasteiger partial charge in [-0.25, -0.2) is 4.39 Å². The van der Waals surface area contributed by atoms with Crippen molar-refractivity contribution in [3.05, 3.63) is 64.5 Å². The van der Waals surface area contributed by atoms with E-state index in [0.717, 1.165) is 11.6 Å². The van der Waals surface area contributed by atoms with Crippen LogP contribution in [0.15, 0.2) is 36.4 Å². The molecule has 166 valence electrons. The molecular formula is C22H27F4NO3. The van der Waals surface area contributed by atoms with Crippen molar-refractivity contribution in [1.82, 2.24) is 0 Å². The van der Waals surface area contributed by atoms with Crippen LogP contribution in [0.1, 0.15) is 35.1 Å². The van der Waals surface area contributed by atoms with Crippen molar-refractivity contribution in [3.63, 3.8) is 0 Å². The molecule has 2 rings (SSSR count). The number of hydrogen-bond donors (Lipinski definition) is 3. The Kier molecular flexibility index (Phi) is 8.23. The van der Waals surface area contributed by atoms with Crippen LogP contribution in [0.2, 0.25) is 0 Å². The van der Waals surface area contributed by atoms with E-state index in [-0.39, 0.29) is 31.0 Å². The molecule has 30 heavy (non-hydrogen) atoms. The number of rotatable bonds is 10. The molecule has 0 amide bonds. The molecule has 0 saturated carbocycles. The van der Waals surface area contributed by atoms with E-state index in [1.54, 1.807) is 19.1 Å². The Morgan fingerprint density at radius 2 is 1.60 bits per heavy atom. The van der Waals surface area contributed by atoms with Gasteiger partial charge in [-0.2, -0.15) is 13.2 Å². The summed E-state index contributed by atoms with van der Waals surface area (Å²) >= 11 is 0. The summed E-state index contributed by atoms with van der Waals surface area (Å²) in [7, 11) is 0. The predicted octanol–water partition coefficient (Wildman–Crippen LogP) is 3.78. The standard InChI is InChI=1S/C22H27F4NO3/c1-15-11-16(4-6-19(15)23)3-2-10-30-20-7-5-17(12-18(20)22(24,25)26)8-9-21(27,13-28)14-29/h4-7,11-12,28-29H,2-3,8-10,13-14,27H2,1H3. The van der Waals surface area contributed by atoms with Crippen LogP contribution in [-0.4, -0.2) is 35.6 Å². The third-order valence-corrected chi connectivity index (χ3v) is 4.98. The van der Waals surface area contributed by atoms with Gasteiger partial charge in [-0.15, -0.1) is 0 Å². The fraction of sp³-hybridized carbons (Fsp3) is 0.455. The first kappa shape index (κ1) is 24.1. The second-order valence-electron chi connectivity index (χ2n) is 7.54. The Morgan fingerprint density at radius 3 is 2.20 bits per heavy atom. The Labute approximate surface area is 173 Å². The summed E-state index contributed by atoms with van der Waals surface area (Å²) in [6, 6.07) is 8.53. The van der Waals surface area contributed by atoms with Crippen LogP contribution in [0.25, 0.3) is 0 Å². The Balaban J connectivity index is 2.01. The number of ether oxygens (including phenoxy) is 1. The van der Waals surface area contributed by atoms with E-state index in [9.17, 15) is 27.8 Å². The number of aliphatic hydroxyl groups excluding tert-OH is 2. The van der Waals surface area contributed by atoms with E-state index >= 15 is 0 Å². The molecule has 0 bridgehead atoms. The minimum absolute atomic E-state index is 0.0831. The molecule has 0 fully saturated rings. The molecular weight excluding hydrogens is 402 g/mol. The summed E-state index contributed by atoms with van der Waals surface area (Å²) in [5.41, 5.74) is 5.45. The summed E-state index contributed by atoms with van der Waals surface area (Å²) in [4.78, 5) is 0. The lowest BCUT2D eigenvalue weighted by Gasteiger charge is -2.24. The minimum Gasteiger partial charge on any atom is -0.493 e. The maximum Gasteiger partial charge on any atom is 0.419 e. The molecule has 0 aliphatic heterocycles. The summed E-state index contributed by atoms with van der Waals surface area (Å²) in [6.07, 6.45) is -3.25. The van der Waals surface area contributed by atoms with Crippen molar-refractivity contribution in [2.45, 2.75) is 44.3 Å². The van der Waals surface area contributed by atoms with Crippen molar-refractivity contribution in [2.75, 3.05) is 19.8 Å². The molecule has 0 unspecified atom stereocenters. The molecule has 2 aromatic carbocycles. The average molecular weight is 429 g/mol. The number of alkyl halides is 3. The zero-order chi connectivity index (χ0) is 22.4. The van der Waals surface area contributed by atoms with Gasteiger partial charge < -0.3 is 20.7 Å². The zero-order valence-electron chi connectivity index (χ0n) is 16.8. The van der Waals surface area contributed by atoms with Crippen LogP contribution in [0.3, 0.4) is 0 Å². The second kappa shape index (κ2) is 10.2. The van der Waals surface area contributed by atoms with Gasteiger partial charge in [-0.3, -0.25) is 0 Å². The van der Waals surface area contributed by atoms with E-state index in [4.69, 9.17) is 10.5 Å². The van der Waals surface area contributed by atoms with Crippen LogP contribution in [0.5, 0.6) is 5.75 Å². The maximum absolute atomic E-state index is 13.5. The van der Waals surface area contributed by atoms with Gasteiger partial charge in [0.2, 0.25) is 0 Å². The van der Waals surface area contributed by atoms with Gasteiger partial charge in [-0.05, 0) is 67.5 Å². The highest BCUT2D eigenvalue weighted by Crippen LogP contribution is 2.37. The fourth-order valence-corrected chi connectivity index (χ4v) is 3.00. The van der Waals surface area contributed by atoms with Gasteiger partial charge in [-0.1, -0.05) is 18.2 Å². The van der Waals surface area contributed by atoms with Crippen molar-refractivity contribution in [3.8, 4) is 5.75 Å². The number of hydrogen-bond acceptors (Lipinski definition) is 4. The highest BCUT2D eigenvalue weighted by Gasteiger charge is 2.35. The average Bonchev–Trinajstić information content (AvgIpc) is 2.71. The molecule has 0 radical (unpaired) electrons. The van der Waals surface area contributed by atoms with Gasteiger partial charge >= 0.3 is 6.18 Å². The van der Waals surface area contributed by atoms with Crippen LogP contribution in [-0.2, 0) is 19.0 Å². The largest absolute Gasteiger partial charge is 0.493 e. The van der Waals surface area contributed by atoms with Crippen LogP contribution >= 0.6 is 0 Å². The van der Waals surface area contributed by atoms with Gasteiger partial charge in [0.1, 0.15) is 11.6 Å². The molecule has 0 atom stereocenters. The van der Waals surface area contributed by atoms with Crippen molar-refractivity contribution in [1.29, 1.82) is 0 Å². The van der Waals surface area contributed by atoms with E-state index in [2.05, 4.69) is 0 Å². The molecule has 0 aromatic heterocycles.